The molecule has 104 valence electrons. The van der Waals surface area contributed by atoms with Gasteiger partial charge in [0.15, 0.2) is 0 Å². The third kappa shape index (κ3) is 2.68. The monoisotopic (exact) mass is 261 g/mol. The van der Waals surface area contributed by atoms with E-state index in [-0.39, 0.29) is 12.0 Å². The van der Waals surface area contributed by atoms with Crippen molar-refractivity contribution in [1.82, 2.24) is 5.32 Å². The first-order valence-electron chi connectivity index (χ1n) is 7.26. The highest BCUT2D eigenvalue weighted by atomic mass is 19.4. The highest BCUT2D eigenvalue weighted by Crippen LogP contribution is 2.55. The Labute approximate surface area is 107 Å². The first kappa shape index (κ1) is 12.8. The predicted octanol–water partition coefficient (Wildman–Crippen LogP) is 3.89. The number of nitrogens with one attached hydrogen (secondary N) is 1. The van der Waals surface area contributed by atoms with E-state index in [1.165, 1.54) is 38.5 Å². The molecule has 0 amide bonds. The molecule has 1 N–H and O–H groups in total. The molecule has 4 saturated carbocycles. The summed E-state index contributed by atoms with van der Waals surface area (Å²) < 4.78 is 36.3. The van der Waals surface area contributed by atoms with Crippen LogP contribution in [0.3, 0.4) is 0 Å². The van der Waals surface area contributed by atoms with Crippen molar-refractivity contribution in [2.75, 3.05) is 6.54 Å². The van der Waals surface area contributed by atoms with Gasteiger partial charge in [-0.3, -0.25) is 0 Å². The first-order chi connectivity index (χ1) is 8.44. The van der Waals surface area contributed by atoms with Gasteiger partial charge < -0.3 is 5.32 Å². The molecule has 18 heavy (non-hydrogen) atoms. The van der Waals surface area contributed by atoms with Crippen molar-refractivity contribution in [2.24, 2.45) is 17.8 Å². The van der Waals surface area contributed by atoms with Crippen LogP contribution in [0.25, 0.3) is 0 Å². The number of hydrogen-bond acceptors (Lipinski definition) is 1. The Bertz CT molecular complexity index is 275. The molecule has 0 aliphatic heterocycles. The van der Waals surface area contributed by atoms with E-state index in [0.717, 1.165) is 17.8 Å². The average Bonchev–Trinajstić information content (AvgIpc) is 2.21. The Morgan fingerprint density at radius 1 is 0.944 bits per heavy atom. The summed E-state index contributed by atoms with van der Waals surface area (Å²) in [7, 11) is 0. The molecule has 0 radical (unpaired) electrons. The van der Waals surface area contributed by atoms with Crippen LogP contribution in [-0.2, 0) is 0 Å². The standard InChI is InChI=1S/C14H22F3N/c15-14(16,17)2-1-3-18-13-7-10-4-11(8-13)6-12(5-10)9-13/h10-12,18H,1-9H2. The van der Waals surface area contributed by atoms with Gasteiger partial charge in [0.25, 0.3) is 0 Å². The van der Waals surface area contributed by atoms with Crippen molar-refractivity contribution in [1.29, 1.82) is 0 Å². The summed E-state index contributed by atoms with van der Waals surface area (Å²) in [5.41, 5.74) is 0.209. The van der Waals surface area contributed by atoms with Crippen molar-refractivity contribution in [2.45, 2.75) is 63.1 Å². The Hall–Kier alpha value is -0.250. The lowest BCUT2D eigenvalue weighted by molar-refractivity contribution is -0.135. The molecule has 0 spiro atoms. The maximum Gasteiger partial charge on any atom is 0.389 e. The van der Waals surface area contributed by atoms with Crippen molar-refractivity contribution < 1.29 is 13.2 Å². The predicted molar refractivity (Wildman–Crippen MR) is 64.2 cm³/mol. The lowest BCUT2D eigenvalue weighted by Crippen LogP contribution is -2.58. The van der Waals surface area contributed by atoms with Crippen LogP contribution < -0.4 is 5.32 Å². The Morgan fingerprint density at radius 2 is 1.44 bits per heavy atom. The topological polar surface area (TPSA) is 12.0 Å². The van der Waals surface area contributed by atoms with Crippen molar-refractivity contribution in [3.05, 3.63) is 0 Å². The van der Waals surface area contributed by atoms with E-state index in [2.05, 4.69) is 5.32 Å². The van der Waals surface area contributed by atoms with Crippen molar-refractivity contribution in [3.8, 4) is 0 Å². The molecular formula is C14H22F3N. The van der Waals surface area contributed by atoms with Gasteiger partial charge in [0.1, 0.15) is 0 Å². The zero-order chi connectivity index (χ0) is 12.8. The molecule has 4 rings (SSSR count). The fourth-order valence-corrected chi connectivity index (χ4v) is 4.97. The van der Waals surface area contributed by atoms with Gasteiger partial charge in [-0.25, -0.2) is 0 Å². The molecule has 4 aliphatic rings. The van der Waals surface area contributed by atoms with Gasteiger partial charge in [0.05, 0.1) is 0 Å². The van der Waals surface area contributed by atoms with Crippen LogP contribution in [0.4, 0.5) is 13.2 Å². The van der Waals surface area contributed by atoms with Gasteiger partial charge >= 0.3 is 6.18 Å². The maximum atomic E-state index is 12.1. The van der Waals surface area contributed by atoms with Gasteiger partial charge in [-0.1, -0.05) is 0 Å². The number of halogens is 3. The Balaban J connectivity index is 1.50. The molecule has 0 saturated heterocycles. The van der Waals surface area contributed by atoms with E-state index < -0.39 is 12.6 Å². The normalized spacial score (nSPS) is 42.5. The van der Waals surface area contributed by atoms with E-state index in [4.69, 9.17) is 0 Å². The highest BCUT2D eigenvalue weighted by molar-refractivity contribution is 5.06. The molecule has 4 bridgehead atoms. The highest BCUT2D eigenvalue weighted by Gasteiger charge is 2.50. The molecule has 0 atom stereocenters. The second-order valence-corrected chi connectivity index (χ2v) is 6.84. The van der Waals surface area contributed by atoms with Crippen LogP contribution in [0.5, 0.6) is 0 Å². The van der Waals surface area contributed by atoms with Gasteiger partial charge in [0, 0.05) is 12.0 Å². The summed E-state index contributed by atoms with van der Waals surface area (Å²) in [5.74, 6) is 2.56. The smallest absolute Gasteiger partial charge is 0.311 e. The third-order valence-electron chi connectivity index (χ3n) is 5.18. The van der Waals surface area contributed by atoms with Crippen molar-refractivity contribution >= 4 is 0 Å². The molecule has 0 aromatic heterocycles. The quantitative estimate of drug-likeness (QED) is 0.757. The van der Waals surface area contributed by atoms with Crippen LogP contribution >= 0.6 is 0 Å². The molecule has 4 heteroatoms. The van der Waals surface area contributed by atoms with Crippen LogP contribution in [0.1, 0.15) is 51.4 Å². The molecular weight excluding hydrogens is 239 g/mol. The molecule has 0 heterocycles. The van der Waals surface area contributed by atoms with E-state index in [1.807, 2.05) is 0 Å². The molecule has 1 nitrogen and oxygen atoms in total. The third-order valence-corrected chi connectivity index (χ3v) is 5.18. The summed E-state index contributed by atoms with van der Waals surface area (Å²) in [6.07, 6.45) is 3.36. The Morgan fingerprint density at radius 3 is 1.89 bits per heavy atom. The van der Waals surface area contributed by atoms with Crippen LogP contribution in [-0.4, -0.2) is 18.3 Å². The minimum Gasteiger partial charge on any atom is -0.311 e. The van der Waals surface area contributed by atoms with Crippen LogP contribution in [0.2, 0.25) is 0 Å². The van der Waals surface area contributed by atoms with E-state index >= 15 is 0 Å². The van der Waals surface area contributed by atoms with Crippen LogP contribution in [0.15, 0.2) is 0 Å². The average molecular weight is 261 g/mol. The number of alkyl halides is 3. The number of rotatable bonds is 4. The molecule has 4 fully saturated rings. The summed E-state index contributed by atoms with van der Waals surface area (Å²) in [6, 6.07) is 0. The molecule has 0 aromatic carbocycles. The minimum absolute atomic E-state index is 0.209. The summed E-state index contributed by atoms with van der Waals surface area (Å²) in [5, 5.41) is 3.50. The fourth-order valence-electron chi connectivity index (χ4n) is 4.97. The minimum atomic E-state index is -4.00. The molecule has 0 unspecified atom stereocenters. The maximum absolute atomic E-state index is 12.1. The lowest BCUT2D eigenvalue weighted by Gasteiger charge is -2.57. The summed E-state index contributed by atoms with van der Waals surface area (Å²) in [4.78, 5) is 0. The molecule has 4 aliphatic carbocycles. The zero-order valence-corrected chi connectivity index (χ0v) is 10.7. The summed E-state index contributed by atoms with van der Waals surface area (Å²) in [6.45, 7) is 0.533. The molecule has 0 aromatic rings. The zero-order valence-electron chi connectivity index (χ0n) is 10.7. The number of hydrogen-bond donors (Lipinski definition) is 1. The van der Waals surface area contributed by atoms with E-state index in [0.29, 0.717) is 6.54 Å². The van der Waals surface area contributed by atoms with Gasteiger partial charge in [-0.2, -0.15) is 13.2 Å². The fraction of sp³-hybridized carbons (Fsp3) is 1.00. The van der Waals surface area contributed by atoms with Gasteiger partial charge in [-0.05, 0) is 69.2 Å². The van der Waals surface area contributed by atoms with Gasteiger partial charge in [-0.15, -0.1) is 0 Å². The second-order valence-electron chi connectivity index (χ2n) is 6.84. The largest absolute Gasteiger partial charge is 0.389 e. The lowest BCUT2D eigenvalue weighted by atomic mass is 9.53. The van der Waals surface area contributed by atoms with E-state index in [1.54, 1.807) is 0 Å². The second kappa shape index (κ2) is 4.39. The first-order valence-corrected chi connectivity index (χ1v) is 7.26. The van der Waals surface area contributed by atoms with Crippen molar-refractivity contribution in [3.63, 3.8) is 0 Å². The SMILES string of the molecule is FC(F)(F)CCCNC12CC3CC(CC(C3)C1)C2. The Kier molecular flexibility index (Phi) is 3.12. The van der Waals surface area contributed by atoms with E-state index in [9.17, 15) is 13.2 Å². The van der Waals surface area contributed by atoms with Crippen LogP contribution in [0, 0.1) is 17.8 Å². The van der Waals surface area contributed by atoms with Gasteiger partial charge in [0.2, 0.25) is 0 Å². The summed E-state index contributed by atoms with van der Waals surface area (Å²) >= 11 is 0.